The van der Waals surface area contributed by atoms with Crippen LogP contribution in [-0.2, 0) is 4.79 Å². The highest BCUT2D eigenvalue weighted by Gasteiger charge is 2.23. The zero-order chi connectivity index (χ0) is 13.9. The second-order valence-electron chi connectivity index (χ2n) is 4.66. The fraction of sp³-hybridized carbons (Fsp3) is 0.286. The number of nitrogens with zero attached hydrogens (tertiary/aromatic N) is 2. The number of aromatic nitrogens is 1. The molecule has 0 fully saturated rings. The summed E-state index contributed by atoms with van der Waals surface area (Å²) in [5, 5.41) is 5.83. The number of hydrogen-bond acceptors (Lipinski definition) is 5. The van der Waals surface area contributed by atoms with Crippen LogP contribution in [0.3, 0.4) is 0 Å². The first kappa shape index (κ1) is 13.5. The van der Waals surface area contributed by atoms with E-state index in [1.807, 2.05) is 29.3 Å². The van der Waals surface area contributed by atoms with Crippen molar-refractivity contribution in [3.63, 3.8) is 0 Å². The van der Waals surface area contributed by atoms with Crippen molar-refractivity contribution in [1.29, 1.82) is 0 Å². The van der Waals surface area contributed by atoms with E-state index < -0.39 is 0 Å². The van der Waals surface area contributed by atoms with E-state index >= 15 is 0 Å². The minimum atomic E-state index is -0.0196. The van der Waals surface area contributed by atoms with Crippen molar-refractivity contribution in [2.75, 3.05) is 23.3 Å². The lowest BCUT2D eigenvalue weighted by atomic mass is 10.2. The molecule has 0 saturated heterocycles. The Morgan fingerprint density at radius 3 is 3.15 bits per heavy atom. The van der Waals surface area contributed by atoms with E-state index in [-0.39, 0.29) is 5.91 Å². The van der Waals surface area contributed by atoms with Crippen LogP contribution in [-0.4, -0.2) is 29.2 Å². The number of carbonyl (C=O) groups excluding carboxylic acids is 1. The van der Waals surface area contributed by atoms with Crippen LogP contribution in [0.1, 0.15) is 6.92 Å². The Kier molecular flexibility index (Phi) is 3.93. The highest BCUT2D eigenvalue weighted by Crippen LogP contribution is 2.37. The number of benzene rings is 1. The molecule has 1 aromatic heterocycles. The molecule has 104 valence electrons. The molecule has 0 aliphatic carbocycles. The topological polar surface area (TPSA) is 45.2 Å². The number of hydrogen-bond donors (Lipinski definition) is 1. The van der Waals surface area contributed by atoms with Crippen molar-refractivity contribution < 1.29 is 4.79 Å². The Morgan fingerprint density at radius 1 is 1.50 bits per heavy atom. The molecule has 0 saturated carbocycles. The lowest BCUT2D eigenvalue weighted by Gasteiger charge is -2.33. The molecule has 2 heterocycles. The van der Waals surface area contributed by atoms with Gasteiger partial charge in [0, 0.05) is 28.3 Å². The Balaban J connectivity index is 1.72. The standard InChI is InChI=1S/C14H15N3OS2/c1-10-8-17(11-4-2-3-5-12(11)20-10)9-13(18)16-14-15-6-7-19-14/h2-7,10H,8-9H2,1H3,(H,15,16,18). The molecule has 1 amide bonds. The molecule has 1 N–H and O–H groups in total. The van der Waals surface area contributed by atoms with E-state index in [4.69, 9.17) is 0 Å². The van der Waals surface area contributed by atoms with E-state index in [0.717, 1.165) is 12.2 Å². The van der Waals surface area contributed by atoms with Crippen molar-refractivity contribution in [2.24, 2.45) is 0 Å². The van der Waals surface area contributed by atoms with Crippen LogP contribution in [0, 0.1) is 0 Å². The predicted molar refractivity (Wildman–Crippen MR) is 84.7 cm³/mol. The summed E-state index contributed by atoms with van der Waals surface area (Å²) in [5.41, 5.74) is 1.14. The van der Waals surface area contributed by atoms with Gasteiger partial charge in [0.15, 0.2) is 5.13 Å². The number of fused-ring (bicyclic) bond motifs is 1. The summed E-state index contributed by atoms with van der Waals surface area (Å²) < 4.78 is 0. The first-order valence-corrected chi connectivity index (χ1v) is 8.18. The fourth-order valence-corrected chi connectivity index (χ4v) is 3.96. The highest BCUT2D eigenvalue weighted by molar-refractivity contribution is 8.00. The van der Waals surface area contributed by atoms with Crippen LogP contribution in [0.4, 0.5) is 10.8 Å². The van der Waals surface area contributed by atoms with Crippen LogP contribution in [0.2, 0.25) is 0 Å². The van der Waals surface area contributed by atoms with E-state index in [1.165, 1.54) is 16.2 Å². The normalized spacial score (nSPS) is 17.6. The maximum absolute atomic E-state index is 12.1. The van der Waals surface area contributed by atoms with Gasteiger partial charge < -0.3 is 10.2 Å². The highest BCUT2D eigenvalue weighted by atomic mass is 32.2. The molecule has 3 rings (SSSR count). The average molecular weight is 305 g/mol. The number of carbonyl (C=O) groups is 1. The summed E-state index contributed by atoms with van der Waals surface area (Å²) in [4.78, 5) is 19.6. The summed E-state index contributed by atoms with van der Waals surface area (Å²) in [6.45, 7) is 3.43. The van der Waals surface area contributed by atoms with Crippen molar-refractivity contribution in [3.8, 4) is 0 Å². The van der Waals surface area contributed by atoms with Gasteiger partial charge in [0.1, 0.15) is 0 Å². The van der Waals surface area contributed by atoms with Crippen molar-refractivity contribution >= 4 is 39.8 Å². The smallest absolute Gasteiger partial charge is 0.245 e. The zero-order valence-corrected chi connectivity index (χ0v) is 12.7. The van der Waals surface area contributed by atoms with Gasteiger partial charge in [-0.25, -0.2) is 4.98 Å². The van der Waals surface area contributed by atoms with Crippen molar-refractivity contribution in [2.45, 2.75) is 17.1 Å². The number of para-hydroxylation sites is 1. The minimum absolute atomic E-state index is 0.0196. The van der Waals surface area contributed by atoms with E-state index in [1.54, 1.807) is 6.20 Å². The molecule has 4 nitrogen and oxygen atoms in total. The Morgan fingerprint density at radius 2 is 2.35 bits per heavy atom. The van der Waals surface area contributed by atoms with E-state index in [2.05, 4.69) is 34.3 Å². The van der Waals surface area contributed by atoms with Gasteiger partial charge in [0.25, 0.3) is 0 Å². The van der Waals surface area contributed by atoms with Gasteiger partial charge in [-0.05, 0) is 12.1 Å². The van der Waals surface area contributed by atoms with Crippen molar-refractivity contribution in [3.05, 3.63) is 35.8 Å². The Bertz CT molecular complexity index is 600. The van der Waals surface area contributed by atoms with Crippen LogP contribution in [0.5, 0.6) is 0 Å². The van der Waals surface area contributed by atoms with Gasteiger partial charge in [-0.15, -0.1) is 23.1 Å². The quantitative estimate of drug-likeness (QED) is 0.946. The summed E-state index contributed by atoms with van der Waals surface area (Å²) in [7, 11) is 0. The van der Waals surface area contributed by atoms with Gasteiger partial charge in [-0.3, -0.25) is 4.79 Å². The minimum Gasteiger partial charge on any atom is -0.360 e. The molecule has 1 unspecified atom stereocenters. The molecule has 0 spiro atoms. The molecule has 1 aliphatic rings. The number of amides is 1. The lowest BCUT2D eigenvalue weighted by Crippen LogP contribution is -2.39. The molecule has 6 heteroatoms. The molecule has 20 heavy (non-hydrogen) atoms. The SMILES string of the molecule is CC1CN(CC(=O)Nc2nccs2)c2ccccc2S1. The maximum Gasteiger partial charge on any atom is 0.245 e. The first-order valence-electron chi connectivity index (χ1n) is 6.42. The first-order chi connectivity index (χ1) is 9.72. The molecule has 1 atom stereocenters. The third-order valence-corrected chi connectivity index (χ3v) is 4.86. The van der Waals surface area contributed by atoms with Gasteiger partial charge in [0.05, 0.1) is 12.2 Å². The number of nitrogens with one attached hydrogen (secondary N) is 1. The largest absolute Gasteiger partial charge is 0.360 e. The summed E-state index contributed by atoms with van der Waals surface area (Å²) >= 11 is 3.30. The predicted octanol–water partition coefficient (Wildman–Crippen LogP) is 3.08. The summed E-state index contributed by atoms with van der Waals surface area (Å²) in [6, 6.07) is 8.24. The Labute approximate surface area is 126 Å². The van der Waals surface area contributed by atoms with Crippen molar-refractivity contribution in [1.82, 2.24) is 4.98 Å². The van der Waals surface area contributed by atoms with E-state index in [0.29, 0.717) is 16.9 Å². The lowest BCUT2D eigenvalue weighted by molar-refractivity contribution is -0.115. The monoisotopic (exact) mass is 305 g/mol. The number of thiazole rings is 1. The molecular formula is C14H15N3OS2. The molecule has 2 aromatic rings. The van der Waals surface area contributed by atoms with E-state index in [9.17, 15) is 4.79 Å². The molecule has 1 aliphatic heterocycles. The van der Waals surface area contributed by atoms with Gasteiger partial charge in [0.2, 0.25) is 5.91 Å². The number of anilines is 2. The number of rotatable bonds is 3. The van der Waals surface area contributed by atoms with Crippen LogP contribution in [0.15, 0.2) is 40.7 Å². The molecule has 0 radical (unpaired) electrons. The second kappa shape index (κ2) is 5.85. The van der Waals surface area contributed by atoms with Crippen LogP contribution >= 0.6 is 23.1 Å². The van der Waals surface area contributed by atoms with Crippen LogP contribution in [0.25, 0.3) is 0 Å². The maximum atomic E-state index is 12.1. The van der Waals surface area contributed by atoms with Crippen LogP contribution < -0.4 is 10.2 Å². The molecule has 1 aromatic carbocycles. The Hall–Kier alpha value is -1.53. The average Bonchev–Trinajstić information content (AvgIpc) is 2.91. The summed E-state index contributed by atoms with van der Waals surface area (Å²) in [6.07, 6.45) is 1.69. The number of thioether (sulfide) groups is 1. The van der Waals surface area contributed by atoms with Gasteiger partial charge >= 0.3 is 0 Å². The fourth-order valence-electron chi connectivity index (χ4n) is 2.25. The summed E-state index contributed by atoms with van der Waals surface area (Å²) in [5.74, 6) is -0.0196. The molecular weight excluding hydrogens is 290 g/mol. The third kappa shape index (κ3) is 2.96. The van der Waals surface area contributed by atoms with Gasteiger partial charge in [-0.1, -0.05) is 19.1 Å². The zero-order valence-electron chi connectivity index (χ0n) is 11.1. The van der Waals surface area contributed by atoms with Gasteiger partial charge in [-0.2, -0.15) is 0 Å². The molecule has 0 bridgehead atoms. The third-order valence-electron chi connectivity index (χ3n) is 3.02. The second-order valence-corrected chi connectivity index (χ2v) is 7.04.